The molecular weight excluding hydrogens is 519 g/mol. The Hall–Kier alpha value is -3.89. The van der Waals surface area contributed by atoms with E-state index in [2.05, 4.69) is 4.98 Å². The van der Waals surface area contributed by atoms with E-state index in [1.54, 1.807) is 6.92 Å². The number of anilines is 1. The Morgan fingerprint density at radius 2 is 1.86 bits per heavy atom. The van der Waals surface area contributed by atoms with Crippen LogP contribution in [-0.4, -0.2) is 22.1 Å². The fraction of sp³-hybridized carbons (Fsp3) is 0.125. The summed E-state index contributed by atoms with van der Waals surface area (Å²) in [5, 5.41) is -0.264. The molecule has 8 nitrogen and oxygen atoms in total. The summed E-state index contributed by atoms with van der Waals surface area (Å²) in [5.41, 5.74) is 3.97. The Labute approximate surface area is 210 Å². The first kappa shape index (κ1) is 23.8. The van der Waals surface area contributed by atoms with E-state index in [-0.39, 0.29) is 61.8 Å². The van der Waals surface area contributed by atoms with Crippen LogP contribution in [0.15, 0.2) is 50.0 Å². The molecule has 0 saturated carbocycles. The Balaban J connectivity index is 1.97. The lowest BCUT2D eigenvalue weighted by molar-refractivity contribution is -0.136. The van der Waals surface area contributed by atoms with Gasteiger partial charge in [-0.25, -0.2) is 22.9 Å². The van der Waals surface area contributed by atoms with Crippen molar-refractivity contribution in [1.29, 1.82) is 0 Å². The SMILES string of the molecule is CCOC(=O)C1=c2oc(=O)/c(=C\c3c(F)cccc3Cl)n2-c2oc(N)nc2C1c1c(F)cccc1Cl. The van der Waals surface area contributed by atoms with Gasteiger partial charge in [0, 0.05) is 16.1 Å². The van der Waals surface area contributed by atoms with Gasteiger partial charge in [-0.2, -0.15) is 4.98 Å². The van der Waals surface area contributed by atoms with E-state index in [0.29, 0.717) is 0 Å². The molecule has 1 aliphatic heterocycles. The molecule has 0 amide bonds. The summed E-state index contributed by atoms with van der Waals surface area (Å²) in [6, 6.07) is 7.61. The molecule has 0 fully saturated rings. The number of aromatic nitrogens is 2. The van der Waals surface area contributed by atoms with Crippen LogP contribution in [0, 0.1) is 11.6 Å². The lowest BCUT2D eigenvalue weighted by Gasteiger charge is -2.23. The van der Waals surface area contributed by atoms with Crippen LogP contribution in [0.25, 0.3) is 17.5 Å². The second-order valence-electron chi connectivity index (χ2n) is 7.64. The maximum absolute atomic E-state index is 15.1. The van der Waals surface area contributed by atoms with E-state index in [0.717, 1.165) is 22.8 Å². The van der Waals surface area contributed by atoms with E-state index >= 15 is 4.39 Å². The van der Waals surface area contributed by atoms with Gasteiger partial charge in [0.2, 0.25) is 11.4 Å². The van der Waals surface area contributed by atoms with Gasteiger partial charge in [0.15, 0.2) is 0 Å². The Kier molecular flexibility index (Phi) is 5.93. The highest BCUT2D eigenvalue weighted by Gasteiger charge is 2.41. The van der Waals surface area contributed by atoms with Crippen molar-refractivity contribution in [2.24, 2.45) is 0 Å². The van der Waals surface area contributed by atoms with E-state index in [9.17, 15) is 14.0 Å². The average Bonchev–Trinajstić information content (AvgIpc) is 3.35. The smallest absolute Gasteiger partial charge is 0.362 e. The first-order valence-electron chi connectivity index (χ1n) is 10.5. The van der Waals surface area contributed by atoms with Crippen molar-refractivity contribution < 1.29 is 27.1 Å². The van der Waals surface area contributed by atoms with Crippen molar-refractivity contribution in [2.75, 3.05) is 12.3 Å². The minimum absolute atomic E-state index is 0.0173. The zero-order valence-corrected chi connectivity index (χ0v) is 19.9. The molecular formula is C24H15Cl2F2N3O5. The van der Waals surface area contributed by atoms with Gasteiger partial charge in [0.25, 0.3) is 6.01 Å². The molecule has 1 atom stereocenters. The fourth-order valence-corrected chi connectivity index (χ4v) is 4.59. The summed E-state index contributed by atoms with van der Waals surface area (Å²) in [6.07, 6.45) is 1.13. The normalized spacial score (nSPS) is 15.1. The minimum Gasteiger partial charge on any atom is -0.462 e. The van der Waals surface area contributed by atoms with Crippen LogP contribution < -0.4 is 22.3 Å². The van der Waals surface area contributed by atoms with Crippen molar-refractivity contribution in [1.82, 2.24) is 9.55 Å². The Morgan fingerprint density at radius 3 is 2.53 bits per heavy atom. The molecule has 1 aliphatic rings. The average molecular weight is 534 g/mol. The number of benzene rings is 2. The number of hydrogen-bond donors (Lipinski definition) is 1. The number of oxazole rings is 2. The van der Waals surface area contributed by atoms with Crippen LogP contribution in [0.4, 0.5) is 14.8 Å². The Morgan fingerprint density at radius 1 is 1.17 bits per heavy atom. The number of hydrogen-bond acceptors (Lipinski definition) is 7. The molecule has 2 aromatic carbocycles. The lowest BCUT2D eigenvalue weighted by Crippen LogP contribution is -2.38. The van der Waals surface area contributed by atoms with Gasteiger partial charge in [-0.05, 0) is 37.3 Å². The second kappa shape index (κ2) is 8.96. The third kappa shape index (κ3) is 3.69. The second-order valence-corrected chi connectivity index (χ2v) is 8.45. The zero-order valence-electron chi connectivity index (χ0n) is 18.4. The maximum Gasteiger partial charge on any atom is 0.362 e. The number of carbonyl (C=O) groups excluding carboxylic acids is 1. The van der Waals surface area contributed by atoms with Crippen LogP contribution in [0.5, 0.6) is 0 Å². The molecule has 36 heavy (non-hydrogen) atoms. The van der Waals surface area contributed by atoms with Crippen LogP contribution in [0.2, 0.25) is 10.0 Å². The maximum atomic E-state index is 15.1. The van der Waals surface area contributed by atoms with Crippen LogP contribution >= 0.6 is 23.2 Å². The van der Waals surface area contributed by atoms with Crippen molar-refractivity contribution in [3.63, 3.8) is 0 Å². The zero-order chi connectivity index (χ0) is 25.7. The number of esters is 1. The molecule has 0 radical (unpaired) electrons. The molecule has 2 N–H and O–H groups in total. The summed E-state index contributed by atoms with van der Waals surface area (Å²) < 4.78 is 46.9. The van der Waals surface area contributed by atoms with Gasteiger partial charge in [-0.15, -0.1) is 0 Å². The van der Waals surface area contributed by atoms with Gasteiger partial charge in [-0.3, -0.25) is 0 Å². The largest absolute Gasteiger partial charge is 0.462 e. The van der Waals surface area contributed by atoms with E-state index in [1.807, 2.05) is 0 Å². The number of rotatable bonds is 4. The first-order valence-corrected chi connectivity index (χ1v) is 11.3. The minimum atomic E-state index is -1.30. The summed E-state index contributed by atoms with van der Waals surface area (Å²) in [4.78, 5) is 30.4. The number of nitrogens with two attached hydrogens (primary N) is 1. The van der Waals surface area contributed by atoms with E-state index < -0.39 is 29.1 Å². The van der Waals surface area contributed by atoms with E-state index in [1.165, 1.54) is 24.3 Å². The predicted molar refractivity (Wildman–Crippen MR) is 126 cm³/mol. The highest BCUT2D eigenvalue weighted by atomic mass is 35.5. The molecule has 12 heteroatoms. The molecule has 0 saturated heterocycles. The molecule has 0 bridgehead atoms. The van der Waals surface area contributed by atoms with Gasteiger partial charge in [0.1, 0.15) is 28.3 Å². The van der Waals surface area contributed by atoms with Crippen LogP contribution in [-0.2, 0) is 9.53 Å². The first-order chi connectivity index (χ1) is 17.2. The summed E-state index contributed by atoms with van der Waals surface area (Å²) >= 11 is 12.5. The molecule has 0 spiro atoms. The molecule has 4 aromatic rings. The van der Waals surface area contributed by atoms with Crippen LogP contribution in [0.1, 0.15) is 29.7 Å². The number of nitrogen functional groups attached to an aromatic ring is 1. The molecule has 0 aliphatic carbocycles. The standard InChI is InChI=1S/C24H15Cl2F2N3O5/c1-2-34-23(33)18-17(16-12(26)6-4-8-14(16)28)19-21(36-24(29)30-19)31-15(22(32)35-20(18)31)9-10-11(25)5-3-7-13(10)27/h3-9,17H,2H2,1H3,(H2,29,30)/b15-9+. The van der Waals surface area contributed by atoms with Gasteiger partial charge < -0.3 is 19.3 Å². The molecule has 5 rings (SSSR count). The number of nitrogens with zero attached hydrogens (tertiary/aromatic N) is 2. The van der Waals surface area contributed by atoms with E-state index in [4.69, 9.17) is 42.5 Å². The molecule has 2 aromatic heterocycles. The quantitative estimate of drug-likeness (QED) is 0.400. The van der Waals surface area contributed by atoms with Crippen LogP contribution in [0.3, 0.4) is 0 Å². The highest BCUT2D eigenvalue weighted by Crippen LogP contribution is 2.42. The number of ether oxygens (including phenoxy) is 1. The monoisotopic (exact) mass is 533 g/mol. The number of carbonyl (C=O) groups is 1. The van der Waals surface area contributed by atoms with Crippen molar-refractivity contribution in [3.8, 4) is 5.88 Å². The topological polar surface area (TPSA) is 113 Å². The van der Waals surface area contributed by atoms with Crippen molar-refractivity contribution >= 4 is 46.8 Å². The summed E-state index contributed by atoms with van der Waals surface area (Å²) in [5.74, 6) is -3.84. The van der Waals surface area contributed by atoms with Crippen molar-refractivity contribution in [3.05, 3.63) is 96.2 Å². The fourth-order valence-electron chi connectivity index (χ4n) is 4.10. The molecule has 184 valence electrons. The molecule has 3 heterocycles. The summed E-state index contributed by atoms with van der Waals surface area (Å²) in [7, 11) is 0. The highest BCUT2D eigenvalue weighted by molar-refractivity contribution is 6.32. The van der Waals surface area contributed by atoms with Crippen molar-refractivity contribution in [2.45, 2.75) is 12.8 Å². The number of fused-ring (bicyclic) bond motifs is 3. The van der Waals surface area contributed by atoms with Gasteiger partial charge >= 0.3 is 11.6 Å². The third-order valence-electron chi connectivity index (χ3n) is 5.55. The summed E-state index contributed by atoms with van der Waals surface area (Å²) in [6.45, 7) is 1.53. The lowest BCUT2D eigenvalue weighted by atomic mass is 9.86. The van der Waals surface area contributed by atoms with Gasteiger partial charge in [-0.1, -0.05) is 35.3 Å². The third-order valence-corrected chi connectivity index (χ3v) is 6.21. The number of halogens is 4. The predicted octanol–water partition coefficient (Wildman–Crippen LogP) is 3.27. The molecule has 1 unspecified atom stereocenters. The van der Waals surface area contributed by atoms with Gasteiger partial charge in [0.05, 0.1) is 17.5 Å². The Bertz CT molecular complexity index is 1680.